The van der Waals surface area contributed by atoms with Crippen LogP contribution in [-0.2, 0) is 27.2 Å². The van der Waals surface area contributed by atoms with E-state index < -0.39 is 22.7 Å². The van der Waals surface area contributed by atoms with Gasteiger partial charge in [-0.1, -0.05) is 18.2 Å². The van der Waals surface area contributed by atoms with Gasteiger partial charge in [0.2, 0.25) is 5.75 Å². The van der Waals surface area contributed by atoms with Gasteiger partial charge in [0.1, 0.15) is 17.7 Å². The Hall–Kier alpha value is -5.13. The van der Waals surface area contributed by atoms with E-state index in [-0.39, 0.29) is 53.7 Å². The molecule has 0 spiro atoms. The van der Waals surface area contributed by atoms with Gasteiger partial charge in [-0.3, -0.25) is 9.59 Å². The number of carbonyl (C=O) groups excluding carboxylic acids is 3. The Kier molecular flexibility index (Phi) is 10.2. The van der Waals surface area contributed by atoms with Crippen LogP contribution in [0.5, 0.6) is 23.0 Å². The molecule has 0 unspecified atom stereocenters. The van der Waals surface area contributed by atoms with Crippen molar-refractivity contribution >= 4 is 28.6 Å². The second kappa shape index (κ2) is 14.6. The standard InChI is InChI=1S/C39H41F2N3O7/c1-38(2,3)51-37(47)44-15-11-25(12-16-44)22-49-32-20-30-28(21-42-23-43-30)35(36(32)48-4)50-31-10-7-26(17-29(31)41)19-34(46)39(13-14-39)33(45)18-24-5-8-27(40)9-6-24/h5-10,17,20-21,23,25H,11-16,18-19,22H2,1-4H3. The van der Waals surface area contributed by atoms with E-state index in [9.17, 15) is 18.8 Å². The van der Waals surface area contributed by atoms with Crippen molar-refractivity contribution in [3.63, 3.8) is 0 Å². The van der Waals surface area contributed by atoms with E-state index in [1.54, 1.807) is 23.2 Å². The van der Waals surface area contributed by atoms with Crippen molar-refractivity contribution < 1.29 is 42.1 Å². The van der Waals surface area contributed by atoms with Crippen LogP contribution in [0.15, 0.2) is 61.1 Å². The van der Waals surface area contributed by atoms with E-state index in [0.717, 1.165) is 12.8 Å². The predicted octanol–water partition coefficient (Wildman–Crippen LogP) is 7.44. The van der Waals surface area contributed by atoms with Crippen molar-refractivity contribution in [2.75, 3.05) is 26.8 Å². The molecule has 1 saturated carbocycles. The predicted molar refractivity (Wildman–Crippen MR) is 184 cm³/mol. The molecule has 51 heavy (non-hydrogen) atoms. The Labute approximate surface area is 295 Å². The molecule has 2 fully saturated rings. The molecule has 1 saturated heterocycles. The van der Waals surface area contributed by atoms with Crippen molar-refractivity contribution in [2.24, 2.45) is 11.3 Å². The first-order valence-corrected chi connectivity index (χ1v) is 17.0. The Morgan fingerprint density at radius 1 is 0.902 bits per heavy atom. The fraction of sp³-hybridized carbons (Fsp3) is 0.410. The van der Waals surface area contributed by atoms with Crippen molar-refractivity contribution in [2.45, 2.75) is 64.9 Å². The fourth-order valence-corrected chi connectivity index (χ4v) is 6.27. The molecule has 12 heteroatoms. The number of hydrogen-bond donors (Lipinski definition) is 0. The Morgan fingerprint density at radius 3 is 2.20 bits per heavy atom. The van der Waals surface area contributed by atoms with Crippen LogP contribution in [-0.4, -0.2) is 64.9 Å². The summed E-state index contributed by atoms with van der Waals surface area (Å²) in [4.78, 5) is 49.1. The number of hydrogen-bond acceptors (Lipinski definition) is 9. The molecule has 268 valence electrons. The quantitative estimate of drug-likeness (QED) is 0.139. The number of likely N-dealkylation sites (tertiary alicyclic amines) is 1. The minimum absolute atomic E-state index is 0.0306. The lowest BCUT2D eigenvalue weighted by molar-refractivity contribution is -0.133. The first-order valence-electron chi connectivity index (χ1n) is 17.0. The molecule has 1 amide bonds. The second-order valence-electron chi connectivity index (χ2n) is 14.2. The number of ether oxygens (including phenoxy) is 4. The summed E-state index contributed by atoms with van der Waals surface area (Å²) >= 11 is 0. The van der Waals surface area contributed by atoms with Gasteiger partial charge in [-0.25, -0.2) is 23.5 Å². The number of rotatable bonds is 12. The van der Waals surface area contributed by atoms with E-state index >= 15 is 4.39 Å². The summed E-state index contributed by atoms with van der Waals surface area (Å²) < 4.78 is 52.5. The summed E-state index contributed by atoms with van der Waals surface area (Å²) in [5.74, 6) is -0.789. The zero-order valence-corrected chi connectivity index (χ0v) is 29.2. The zero-order chi connectivity index (χ0) is 36.3. The number of methoxy groups -OCH3 is 1. The highest BCUT2D eigenvalue weighted by Crippen LogP contribution is 2.49. The minimum atomic E-state index is -1.10. The van der Waals surface area contributed by atoms with Crippen LogP contribution in [0.25, 0.3) is 10.9 Å². The SMILES string of the molecule is COc1c(OCC2CCN(C(=O)OC(C)(C)C)CC2)cc2ncncc2c1Oc1ccc(CC(=O)C2(C(=O)Cc3ccc(F)cc3)CC2)cc1F. The largest absolute Gasteiger partial charge is 0.490 e. The number of benzene rings is 3. The van der Waals surface area contributed by atoms with E-state index in [2.05, 4.69) is 9.97 Å². The van der Waals surface area contributed by atoms with Crippen LogP contribution in [0, 0.1) is 23.0 Å². The molecule has 1 aliphatic carbocycles. The average molecular weight is 702 g/mol. The Balaban J connectivity index is 1.14. The number of amides is 1. The molecule has 4 aromatic rings. The molecule has 6 rings (SSSR count). The summed E-state index contributed by atoms with van der Waals surface area (Å²) in [5, 5.41) is 0.473. The van der Waals surface area contributed by atoms with Crippen LogP contribution in [0.2, 0.25) is 0 Å². The van der Waals surface area contributed by atoms with Gasteiger partial charge in [0.15, 0.2) is 34.6 Å². The van der Waals surface area contributed by atoms with Gasteiger partial charge in [-0.05, 0) is 87.8 Å². The van der Waals surface area contributed by atoms with Crippen LogP contribution >= 0.6 is 0 Å². The maximum absolute atomic E-state index is 15.6. The molecule has 0 bridgehead atoms. The summed E-state index contributed by atoms with van der Waals surface area (Å²) in [6.45, 7) is 6.96. The molecule has 0 radical (unpaired) electrons. The maximum Gasteiger partial charge on any atom is 0.410 e. The van der Waals surface area contributed by atoms with Gasteiger partial charge in [0.25, 0.3) is 0 Å². The van der Waals surface area contributed by atoms with E-state index in [1.165, 1.54) is 49.8 Å². The molecular weight excluding hydrogens is 660 g/mol. The number of fused-ring (bicyclic) bond motifs is 1. The molecule has 2 heterocycles. The van der Waals surface area contributed by atoms with Crippen molar-refractivity contribution in [3.05, 3.63) is 83.8 Å². The van der Waals surface area contributed by atoms with E-state index in [0.29, 0.717) is 60.3 Å². The first-order chi connectivity index (χ1) is 24.3. The van der Waals surface area contributed by atoms with Crippen LogP contribution < -0.4 is 14.2 Å². The van der Waals surface area contributed by atoms with Crippen LogP contribution in [0.1, 0.15) is 57.6 Å². The summed E-state index contributed by atoms with van der Waals surface area (Å²) in [7, 11) is 1.46. The van der Waals surface area contributed by atoms with Gasteiger partial charge in [0, 0.05) is 38.2 Å². The Bertz CT molecular complexity index is 1930. The first kappa shape index (κ1) is 35.7. The van der Waals surface area contributed by atoms with Gasteiger partial charge in [-0.2, -0.15) is 0 Å². The zero-order valence-electron chi connectivity index (χ0n) is 29.2. The molecule has 1 aliphatic heterocycles. The lowest BCUT2D eigenvalue weighted by Crippen LogP contribution is -2.42. The average Bonchev–Trinajstić information content (AvgIpc) is 3.91. The highest BCUT2D eigenvalue weighted by molar-refractivity contribution is 6.11. The Morgan fingerprint density at radius 2 is 1.57 bits per heavy atom. The second-order valence-corrected chi connectivity index (χ2v) is 14.2. The van der Waals surface area contributed by atoms with Gasteiger partial charge >= 0.3 is 6.09 Å². The summed E-state index contributed by atoms with van der Waals surface area (Å²) in [5.41, 5.74) is -0.121. The number of aromatic nitrogens is 2. The fourth-order valence-electron chi connectivity index (χ4n) is 6.27. The highest BCUT2D eigenvalue weighted by atomic mass is 19.1. The third kappa shape index (κ3) is 8.27. The third-order valence-corrected chi connectivity index (χ3v) is 9.30. The smallest absolute Gasteiger partial charge is 0.410 e. The summed E-state index contributed by atoms with van der Waals surface area (Å²) in [6.07, 6.45) is 4.84. The van der Waals surface area contributed by atoms with E-state index in [1.807, 2.05) is 20.8 Å². The van der Waals surface area contributed by atoms with Crippen LogP contribution in [0.4, 0.5) is 13.6 Å². The summed E-state index contributed by atoms with van der Waals surface area (Å²) in [6, 6.07) is 11.6. The highest BCUT2D eigenvalue weighted by Gasteiger charge is 2.54. The normalized spacial score (nSPS) is 15.7. The molecule has 0 N–H and O–H groups in total. The molecule has 2 aliphatic rings. The molecule has 1 aromatic heterocycles. The number of ketones is 2. The lowest BCUT2D eigenvalue weighted by Gasteiger charge is -2.33. The number of nitrogens with zero attached hydrogens (tertiary/aromatic N) is 3. The lowest BCUT2D eigenvalue weighted by atomic mass is 9.88. The molecule has 0 atom stereocenters. The third-order valence-electron chi connectivity index (χ3n) is 9.30. The van der Waals surface area contributed by atoms with E-state index in [4.69, 9.17) is 18.9 Å². The number of Topliss-reactive ketones (excluding diaryl/α,β-unsaturated/α-hetero) is 2. The topological polar surface area (TPSA) is 117 Å². The molecular formula is C39H41F2N3O7. The van der Waals surface area contributed by atoms with Gasteiger partial charge < -0.3 is 23.8 Å². The van der Waals surface area contributed by atoms with Gasteiger partial charge in [0.05, 0.1) is 30.0 Å². The van der Waals surface area contributed by atoms with Crippen molar-refractivity contribution in [3.8, 4) is 23.0 Å². The number of piperidine rings is 1. The number of carbonyl (C=O) groups is 3. The molecule has 3 aromatic carbocycles. The van der Waals surface area contributed by atoms with Crippen LogP contribution in [0.3, 0.4) is 0 Å². The minimum Gasteiger partial charge on any atom is -0.490 e. The maximum atomic E-state index is 15.6. The van der Waals surface area contributed by atoms with Gasteiger partial charge in [-0.15, -0.1) is 0 Å². The number of halogens is 2. The monoisotopic (exact) mass is 701 g/mol. The van der Waals surface area contributed by atoms with Crippen molar-refractivity contribution in [1.29, 1.82) is 0 Å². The van der Waals surface area contributed by atoms with Crippen molar-refractivity contribution in [1.82, 2.24) is 14.9 Å². The molecule has 10 nitrogen and oxygen atoms in total.